The molecule has 5 nitrogen and oxygen atoms in total. The Hall–Kier alpha value is -0.650. The van der Waals surface area contributed by atoms with Crippen molar-refractivity contribution in [1.29, 1.82) is 0 Å². The van der Waals surface area contributed by atoms with E-state index in [1.54, 1.807) is 6.92 Å². The van der Waals surface area contributed by atoms with E-state index in [0.717, 1.165) is 12.8 Å². The molecule has 3 N–H and O–H groups in total. The third-order valence-corrected chi connectivity index (χ3v) is 2.08. The molecule has 0 aliphatic carbocycles. The first-order valence-corrected chi connectivity index (χ1v) is 4.47. The molecule has 0 aromatic heterocycles. The normalized spacial score (nSPS) is 21.1. The second-order valence-corrected chi connectivity index (χ2v) is 3.10. The van der Waals surface area contributed by atoms with Crippen molar-refractivity contribution in [2.45, 2.75) is 32.0 Å². The molecule has 1 saturated heterocycles. The van der Waals surface area contributed by atoms with Crippen LogP contribution in [0.1, 0.15) is 19.8 Å². The first-order chi connectivity index (χ1) is 6.24. The monoisotopic (exact) mass is 188 g/mol. The maximum Gasteiger partial charge on any atom is 0.262 e. The molecular formula is C8H16N2O3. The summed E-state index contributed by atoms with van der Waals surface area (Å²) < 4.78 is 10.6. The molecule has 1 aliphatic heterocycles. The van der Waals surface area contributed by atoms with E-state index in [9.17, 15) is 4.79 Å². The van der Waals surface area contributed by atoms with Crippen LogP contribution in [0.25, 0.3) is 0 Å². The number of hydrogen-bond acceptors (Lipinski definition) is 4. The summed E-state index contributed by atoms with van der Waals surface area (Å²) in [5.74, 6) is 4.69. The zero-order valence-corrected chi connectivity index (χ0v) is 7.79. The average Bonchev–Trinajstić information content (AvgIpc) is 2.18. The summed E-state index contributed by atoms with van der Waals surface area (Å²) >= 11 is 0. The minimum absolute atomic E-state index is 0.126. The number of rotatable bonds is 3. The Morgan fingerprint density at radius 1 is 1.62 bits per heavy atom. The lowest BCUT2D eigenvalue weighted by atomic mass is 10.1. The Balaban J connectivity index is 2.25. The first-order valence-electron chi connectivity index (χ1n) is 4.47. The highest BCUT2D eigenvalue weighted by Crippen LogP contribution is 2.12. The molecule has 76 valence electrons. The molecule has 1 atom stereocenters. The van der Waals surface area contributed by atoms with Crippen LogP contribution in [0.2, 0.25) is 0 Å². The lowest BCUT2D eigenvalue weighted by Gasteiger charge is -2.24. The predicted octanol–water partition coefficient (Wildman–Crippen LogP) is -0.440. The summed E-state index contributed by atoms with van der Waals surface area (Å²) in [6, 6.07) is 0. The summed E-state index contributed by atoms with van der Waals surface area (Å²) in [7, 11) is 0. The van der Waals surface area contributed by atoms with Crippen LogP contribution >= 0.6 is 0 Å². The SMILES string of the molecule is CC(OC1CCOCC1)C(=O)NN. The van der Waals surface area contributed by atoms with Gasteiger partial charge in [-0.15, -0.1) is 0 Å². The summed E-state index contributed by atoms with van der Waals surface area (Å²) in [6.07, 6.45) is 1.35. The van der Waals surface area contributed by atoms with Gasteiger partial charge in [-0.2, -0.15) is 0 Å². The number of amides is 1. The van der Waals surface area contributed by atoms with E-state index in [2.05, 4.69) is 5.43 Å². The minimum atomic E-state index is -0.479. The smallest absolute Gasteiger partial charge is 0.262 e. The van der Waals surface area contributed by atoms with E-state index in [-0.39, 0.29) is 12.0 Å². The lowest BCUT2D eigenvalue weighted by Crippen LogP contribution is -2.41. The number of hydrogen-bond donors (Lipinski definition) is 2. The number of ether oxygens (including phenoxy) is 2. The number of nitrogens with two attached hydrogens (primary N) is 1. The highest BCUT2D eigenvalue weighted by Gasteiger charge is 2.20. The van der Waals surface area contributed by atoms with Gasteiger partial charge in [0.2, 0.25) is 0 Å². The zero-order chi connectivity index (χ0) is 9.68. The van der Waals surface area contributed by atoms with Gasteiger partial charge < -0.3 is 9.47 Å². The maximum atomic E-state index is 11.0. The van der Waals surface area contributed by atoms with E-state index in [0.29, 0.717) is 13.2 Å². The first kappa shape index (κ1) is 10.4. The van der Waals surface area contributed by atoms with Gasteiger partial charge in [-0.25, -0.2) is 5.84 Å². The molecule has 0 aromatic carbocycles. The fraction of sp³-hybridized carbons (Fsp3) is 0.875. The fourth-order valence-corrected chi connectivity index (χ4v) is 1.28. The Morgan fingerprint density at radius 3 is 2.77 bits per heavy atom. The number of nitrogens with one attached hydrogen (secondary N) is 1. The highest BCUT2D eigenvalue weighted by atomic mass is 16.5. The number of carbonyl (C=O) groups is 1. The topological polar surface area (TPSA) is 73.6 Å². The molecule has 5 heteroatoms. The quantitative estimate of drug-likeness (QED) is 0.358. The van der Waals surface area contributed by atoms with Crippen molar-refractivity contribution in [2.24, 2.45) is 5.84 Å². The van der Waals surface area contributed by atoms with Crippen molar-refractivity contribution in [3.63, 3.8) is 0 Å². The van der Waals surface area contributed by atoms with Crippen LogP contribution in [0.15, 0.2) is 0 Å². The van der Waals surface area contributed by atoms with Crippen molar-refractivity contribution in [2.75, 3.05) is 13.2 Å². The summed E-state index contributed by atoms with van der Waals surface area (Å²) in [6.45, 7) is 3.11. The van der Waals surface area contributed by atoms with Gasteiger partial charge >= 0.3 is 0 Å². The summed E-state index contributed by atoms with van der Waals surface area (Å²) in [5, 5.41) is 0. The second-order valence-electron chi connectivity index (χ2n) is 3.10. The van der Waals surface area contributed by atoms with Gasteiger partial charge in [0.05, 0.1) is 6.10 Å². The standard InChI is InChI=1S/C8H16N2O3/c1-6(8(11)10-9)13-7-2-4-12-5-3-7/h6-7H,2-5,9H2,1H3,(H,10,11). The fourth-order valence-electron chi connectivity index (χ4n) is 1.28. The van der Waals surface area contributed by atoms with Gasteiger partial charge in [0.15, 0.2) is 0 Å². The van der Waals surface area contributed by atoms with E-state index in [1.807, 2.05) is 0 Å². The van der Waals surface area contributed by atoms with Gasteiger partial charge in [0.25, 0.3) is 5.91 Å². The van der Waals surface area contributed by atoms with Gasteiger partial charge in [-0.3, -0.25) is 10.2 Å². The molecular weight excluding hydrogens is 172 g/mol. The molecule has 0 spiro atoms. The zero-order valence-electron chi connectivity index (χ0n) is 7.79. The average molecular weight is 188 g/mol. The third-order valence-electron chi connectivity index (χ3n) is 2.08. The molecule has 1 heterocycles. The Kier molecular flexibility index (Phi) is 4.14. The van der Waals surface area contributed by atoms with Gasteiger partial charge in [-0.1, -0.05) is 0 Å². The minimum Gasteiger partial charge on any atom is -0.381 e. The van der Waals surface area contributed by atoms with Gasteiger partial charge in [0.1, 0.15) is 6.10 Å². The Morgan fingerprint density at radius 2 is 2.23 bits per heavy atom. The summed E-state index contributed by atoms with van der Waals surface area (Å²) in [4.78, 5) is 11.0. The molecule has 1 rings (SSSR count). The van der Waals surface area contributed by atoms with Crippen molar-refractivity contribution >= 4 is 5.91 Å². The van der Waals surface area contributed by atoms with Crippen molar-refractivity contribution in [3.8, 4) is 0 Å². The van der Waals surface area contributed by atoms with Gasteiger partial charge in [0, 0.05) is 13.2 Å². The molecule has 1 amide bonds. The molecule has 1 unspecified atom stereocenters. The van der Waals surface area contributed by atoms with Crippen LogP contribution in [0.4, 0.5) is 0 Å². The third kappa shape index (κ3) is 3.30. The van der Waals surface area contributed by atoms with Crippen LogP contribution in [-0.4, -0.2) is 31.3 Å². The number of hydrazine groups is 1. The van der Waals surface area contributed by atoms with E-state index >= 15 is 0 Å². The van der Waals surface area contributed by atoms with Crippen molar-refractivity contribution < 1.29 is 14.3 Å². The van der Waals surface area contributed by atoms with Gasteiger partial charge in [-0.05, 0) is 19.8 Å². The predicted molar refractivity (Wildman–Crippen MR) is 46.7 cm³/mol. The molecule has 0 saturated carbocycles. The molecule has 13 heavy (non-hydrogen) atoms. The second kappa shape index (κ2) is 5.16. The Labute approximate surface area is 77.5 Å². The largest absolute Gasteiger partial charge is 0.381 e. The maximum absolute atomic E-state index is 11.0. The van der Waals surface area contributed by atoms with Crippen LogP contribution in [-0.2, 0) is 14.3 Å². The van der Waals surface area contributed by atoms with Crippen LogP contribution in [0.3, 0.4) is 0 Å². The van der Waals surface area contributed by atoms with Crippen molar-refractivity contribution in [1.82, 2.24) is 5.43 Å². The lowest BCUT2D eigenvalue weighted by molar-refractivity contribution is -0.139. The van der Waals surface area contributed by atoms with E-state index in [1.165, 1.54) is 0 Å². The number of carbonyl (C=O) groups excluding carboxylic acids is 1. The van der Waals surface area contributed by atoms with E-state index in [4.69, 9.17) is 15.3 Å². The van der Waals surface area contributed by atoms with Crippen LogP contribution in [0, 0.1) is 0 Å². The van der Waals surface area contributed by atoms with Crippen molar-refractivity contribution in [3.05, 3.63) is 0 Å². The Bertz CT molecular complexity index is 169. The highest BCUT2D eigenvalue weighted by molar-refractivity contribution is 5.79. The van der Waals surface area contributed by atoms with E-state index < -0.39 is 6.10 Å². The van der Waals surface area contributed by atoms with Crippen LogP contribution in [0.5, 0.6) is 0 Å². The molecule has 1 aliphatic rings. The summed E-state index contributed by atoms with van der Waals surface area (Å²) in [5.41, 5.74) is 2.06. The molecule has 1 fully saturated rings. The molecule has 0 bridgehead atoms. The molecule has 0 radical (unpaired) electrons. The molecule has 0 aromatic rings. The van der Waals surface area contributed by atoms with Crippen LogP contribution < -0.4 is 11.3 Å².